The van der Waals surface area contributed by atoms with Crippen molar-refractivity contribution in [2.45, 2.75) is 64.3 Å². The average molecular weight is 482 g/mol. The number of urea groups is 1. The summed E-state index contributed by atoms with van der Waals surface area (Å²) < 4.78 is 17.3. The van der Waals surface area contributed by atoms with Gasteiger partial charge in [-0.05, 0) is 56.5 Å². The van der Waals surface area contributed by atoms with Crippen molar-refractivity contribution in [2.24, 2.45) is 0 Å². The van der Waals surface area contributed by atoms with Gasteiger partial charge in [0.25, 0.3) is 11.7 Å². The number of hydrogen-bond donors (Lipinski definition) is 3. The Labute approximate surface area is 204 Å². The maximum absolute atomic E-state index is 12.3. The number of carbonyl (C=O) groups excluding carboxylic acids is 3. The van der Waals surface area contributed by atoms with Crippen LogP contribution in [-0.4, -0.2) is 36.3 Å². The van der Waals surface area contributed by atoms with Gasteiger partial charge in [0.2, 0.25) is 0 Å². The molecule has 9 heteroatoms. The molecule has 1 aliphatic carbocycles. The summed E-state index contributed by atoms with van der Waals surface area (Å²) in [4.78, 5) is 36.3. The number of anilines is 1. The Kier molecular flexibility index (Phi) is 7.43. The topological polar surface area (TPSA) is 115 Å². The zero-order valence-electron chi connectivity index (χ0n) is 20.0. The zero-order valence-corrected chi connectivity index (χ0v) is 20.0. The van der Waals surface area contributed by atoms with Crippen LogP contribution in [0.2, 0.25) is 0 Å². The lowest BCUT2D eigenvalue weighted by molar-refractivity contribution is -0.119. The van der Waals surface area contributed by atoms with Crippen LogP contribution in [0, 0.1) is 0 Å². The molecule has 0 saturated heterocycles. The number of rotatable bonds is 7. The average Bonchev–Trinajstić information content (AvgIpc) is 3.18. The van der Waals surface area contributed by atoms with E-state index in [2.05, 4.69) is 16.0 Å². The Hall–Kier alpha value is -3.75. The van der Waals surface area contributed by atoms with E-state index in [1.807, 2.05) is 13.8 Å². The highest BCUT2D eigenvalue weighted by Crippen LogP contribution is 2.46. The molecule has 2 aromatic rings. The van der Waals surface area contributed by atoms with Gasteiger partial charge < -0.3 is 30.2 Å². The number of carbonyl (C=O) groups is 3. The fourth-order valence-electron chi connectivity index (χ4n) is 4.13. The van der Waals surface area contributed by atoms with Gasteiger partial charge in [-0.15, -0.1) is 0 Å². The molecule has 2 aliphatic rings. The van der Waals surface area contributed by atoms with E-state index < -0.39 is 24.3 Å². The molecule has 1 saturated carbocycles. The molecule has 1 spiro atoms. The lowest BCUT2D eigenvalue weighted by Gasteiger charge is -2.31. The quantitative estimate of drug-likeness (QED) is 0.513. The monoisotopic (exact) mass is 481 g/mol. The molecule has 0 bridgehead atoms. The minimum atomic E-state index is -0.609. The van der Waals surface area contributed by atoms with Gasteiger partial charge in [-0.25, -0.2) is 9.59 Å². The first-order chi connectivity index (χ1) is 16.8. The number of benzene rings is 2. The van der Waals surface area contributed by atoms with Crippen LogP contribution in [0.5, 0.6) is 11.5 Å². The molecule has 0 atom stereocenters. The van der Waals surface area contributed by atoms with Crippen molar-refractivity contribution in [1.29, 1.82) is 0 Å². The Morgan fingerprint density at radius 1 is 0.971 bits per heavy atom. The summed E-state index contributed by atoms with van der Waals surface area (Å²) in [7, 11) is 0. The van der Waals surface area contributed by atoms with Gasteiger partial charge in [0.15, 0.2) is 18.1 Å². The molecule has 0 unspecified atom stereocenters. The maximum atomic E-state index is 12.3. The second-order valence-corrected chi connectivity index (χ2v) is 9.14. The standard InChI is InChI=1S/C26H31N3O6/c1-17(2)28-25(32)27-15-18-6-8-19(9-7-18)24(31)33-16-23(30)29-20-10-11-21-22(14-20)35-26(34-21)12-4-3-5-13-26/h6-11,14,17H,3-5,12-13,15-16H2,1-2H3,(H,29,30)(H2,27,28,32). The summed E-state index contributed by atoms with van der Waals surface area (Å²) in [6.45, 7) is 3.66. The van der Waals surface area contributed by atoms with Crippen LogP contribution in [0.1, 0.15) is 61.9 Å². The van der Waals surface area contributed by atoms with E-state index >= 15 is 0 Å². The molecular weight excluding hydrogens is 450 g/mol. The van der Waals surface area contributed by atoms with Crippen molar-refractivity contribution in [1.82, 2.24) is 10.6 Å². The van der Waals surface area contributed by atoms with Gasteiger partial charge in [-0.2, -0.15) is 0 Å². The third-order valence-electron chi connectivity index (χ3n) is 5.83. The van der Waals surface area contributed by atoms with E-state index in [9.17, 15) is 14.4 Å². The molecule has 0 radical (unpaired) electrons. The van der Waals surface area contributed by atoms with Gasteiger partial charge in [0, 0.05) is 37.2 Å². The van der Waals surface area contributed by atoms with Crippen molar-refractivity contribution in [3.63, 3.8) is 0 Å². The van der Waals surface area contributed by atoms with Crippen LogP contribution in [0.25, 0.3) is 0 Å². The number of nitrogens with one attached hydrogen (secondary N) is 3. The minimum absolute atomic E-state index is 0.0445. The summed E-state index contributed by atoms with van der Waals surface area (Å²) >= 11 is 0. The van der Waals surface area contributed by atoms with Crippen LogP contribution in [0.15, 0.2) is 42.5 Å². The van der Waals surface area contributed by atoms with E-state index in [-0.39, 0.29) is 12.1 Å². The number of hydrogen-bond acceptors (Lipinski definition) is 6. The molecule has 4 rings (SSSR count). The number of ether oxygens (including phenoxy) is 3. The van der Waals surface area contributed by atoms with Gasteiger partial charge in [-0.1, -0.05) is 18.6 Å². The Morgan fingerprint density at radius 2 is 1.69 bits per heavy atom. The molecule has 3 N–H and O–H groups in total. The predicted molar refractivity (Wildman–Crippen MR) is 129 cm³/mol. The molecule has 186 valence electrons. The molecule has 1 aliphatic heterocycles. The Bertz CT molecular complexity index is 1080. The van der Waals surface area contributed by atoms with Crippen LogP contribution >= 0.6 is 0 Å². The second-order valence-electron chi connectivity index (χ2n) is 9.14. The molecule has 1 fully saturated rings. The maximum Gasteiger partial charge on any atom is 0.338 e. The Balaban J connectivity index is 1.23. The number of amides is 3. The Morgan fingerprint density at radius 3 is 2.40 bits per heavy atom. The highest BCUT2D eigenvalue weighted by Gasteiger charge is 2.42. The molecule has 0 aromatic heterocycles. The first-order valence-corrected chi connectivity index (χ1v) is 11.9. The molecule has 35 heavy (non-hydrogen) atoms. The summed E-state index contributed by atoms with van der Waals surface area (Å²) in [5.41, 5.74) is 1.68. The summed E-state index contributed by atoms with van der Waals surface area (Å²) in [5.74, 6) is -0.359. The largest absolute Gasteiger partial charge is 0.452 e. The van der Waals surface area contributed by atoms with E-state index in [1.54, 1.807) is 42.5 Å². The van der Waals surface area contributed by atoms with Gasteiger partial charge >= 0.3 is 12.0 Å². The van der Waals surface area contributed by atoms with Crippen molar-refractivity contribution >= 4 is 23.6 Å². The van der Waals surface area contributed by atoms with Crippen LogP contribution < -0.4 is 25.4 Å². The molecule has 2 aromatic carbocycles. The first-order valence-electron chi connectivity index (χ1n) is 11.9. The summed E-state index contributed by atoms with van der Waals surface area (Å²) in [5, 5.41) is 8.20. The summed E-state index contributed by atoms with van der Waals surface area (Å²) in [6.07, 6.45) is 5.02. The summed E-state index contributed by atoms with van der Waals surface area (Å²) in [6, 6.07) is 11.7. The first kappa shape index (κ1) is 24.4. The highest BCUT2D eigenvalue weighted by molar-refractivity contribution is 5.95. The smallest absolute Gasteiger partial charge is 0.338 e. The van der Waals surface area contributed by atoms with Crippen molar-refractivity contribution in [3.05, 3.63) is 53.6 Å². The number of esters is 1. The van der Waals surface area contributed by atoms with Crippen LogP contribution in [-0.2, 0) is 16.1 Å². The molecule has 1 heterocycles. The van der Waals surface area contributed by atoms with E-state index in [4.69, 9.17) is 14.2 Å². The predicted octanol–water partition coefficient (Wildman–Crippen LogP) is 4.12. The fraction of sp³-hybridized carbons (Fsp3) is 0.423. The third-order valence-corrected chi connectivity index (χ3v) is 5.83. The van der Waals surface area contributed by atoms with Gasteiger partial charge in [-0.3, -0.25) is 4.79 Å². The van der Waals surface area contributed by atoms with E-state index in [0.717, 1.165) is 31.2 Å². The minimum Gasteiger partial charge on any atom is -0.452 e. The zero-order chi connectivity index (χ0) is 24.8. The lowest BCUT2D eigenvalue weighted by Crippen LogP contribution is -2.40. The number of fused-ring (bicyclic) bond motifs is 1. The second kappa shape index (κ2) is 10.7. The molecule has 9 nitrogen and oxygen atoms in total. The van der Waals surface area contributed by atoms with Crippen LogP contribution in [0.4, 0.5) is 10.5 Å². The third kappa shape index (κ3) is 6.44. The van der Waals surface area contributed by atoms with Crippen molar-refractivity contribution in [3.8, 4) is 11.5 Å². The van der Waals surface area contributed by atoms with Crippen molar-refractivity contribution in [2.75, 3.05) is 11.9 Å². The van der Waals surface area contributed by atoms with E-state index in [1.165, 1.54) is 6.42 Å². The van der Waals surface area contributed by atoms with Crippen molar-refractivity contribution < 1.29 is 28.6 Å². The van der Waals surface area contributed by atoms with Gasteiger partial charge in [0.1, 0.15) is 0 Å². The van der Waals surface area contributed by atoms with Gasteiger partial charge in [0.05, 0.1) is 5.56 Å². The van der Waals surface area contributed by atoms with E-state index in [0.29, 0.717) is 29.3 Å². The molecule has 3 amide bonds. The molecular formula is C26H31N3O6. The normalized spacial score (nSPS) is 15.5. The van der Waals surface area contributed by atoms with Crippen LogP contribution in [0.3, 0.4) is 0 Å². The highest BCUT2D eigenvalue weighted by atomic mass is 16.7. The fourth-order valence-corrected chi connectivity index (χ4v) is 4.13. The lowest BCUT2D eigenvalue weighted by atomic mass is 9.94. The SMILES string of the molecule is CC(C)NC(=O)NCc1ccc(C(=O)OCC(=O)Nc2ccc3c(c2)OC2(CCCCC2)O3)cc1.